The van der Waals surface area contributed by atoms with Gasteiger partial charge in [0, 0.05) is 24.4 Å². The molecular formula is C22H20FN3O2. The van der Waals surface area contributed by atoms with E-state index in [-0.39, 0.29) is 17.4 Å². The number of pyridine rings is 1. The molecule has 2 aromatic carbocycles. The zero-order valence-electron chi connectivity index (χ0n) is 15.3. The molecule has 2 amide bonds. The Hall–Kier alpha value is -3.28. The van der Waals surface area contributed by atoms with E-state index < -0.39 is 11.7 Å². The van der Waals surface area contributed by atoms with Crippen molar-refractivity contribution in [1.82, 2.24) is 9.88 Å². The minimum absolute atomic E-state index is 0.0248. The molecule has 0 unspecified atom stereocenters. The van der Waals surface area contributed by atoms with Crippen molar-refractivity contribution in [3.8, 4) is 0 Å². The summed E-state index contributed by atoms with van der Waals surface area (Å²) >= 11 is 0. The third-order valence-corrected chi connectivity index (χ3v) is 5.29. The van der Waals surface area contributed by atoms with Crippen LogP contribution in [0.4, 0.5) is 4.39 Å². The standard InChI is InChI=1S/C22H20FN3O2/c23-18-7-3-2-6-16(18)22(28)26-11-9-14(10-12-26)20-17(21(24)27)13-15-5-1-4-8-19(15)25-20/h1-8,13-14H,9-12H2,(H2,24,27). The fourth-order valence-electron chi connectivity index (χ4n) is 3.80. The Bertz CT molecular complexity index is 1060. The van der Waals surface area contributed by atoms with E-state index in [1.165, 1.54) is 12.1 Å². The molecule has 2 heterocycles. The maximum absolute atomic E-state index is 13.9. The van der Waals surface area contributed by atoms with Crippen LogP contribution in [0.15, 0.2) is 54.6 Å². The van der Waals surface area contributed by atoms with Crippen LogP contribution in [0.1, 0.15) is 45.2 Å². The molecule has 6 heteroatoms. The monoisotopic (exact) mass is 377 g/mol. The largest absolute Gasteiger partial charge is 0.366 e. The molecule has 1 fully saturated rings. The van der Waals surface area contributed by atoms with Crippen molar-refractivity contribution in [2.24, 2.45) is 5.73 Å². The molecule has 0 atom stereocenters. The van der Waals surface area contributed by atoms with Gasteiger partial charge in [-0.15, -0.1) is 0 Å². The number of aromatic nitrogens is 1. The van der Waals surface area contributed by atoms with Gasteiger partial charge in [-0.3, -0.25) is 14.6 Å². The first-order chi connectivity index (χ1) is 13.5. The van der Waals surface area contributed by atoms with Gasteiger partial charge < -0.3 is 10.6 Å². The summed E-state index contributed by atoms with van der Waals surface area (Å²) in [5.41, 5.74) is 7.61. The van der Waals surface area contributed by atoms with Gasteiger partial charge >= 0.3 is 0 Å². The van der Waals surface area contributed by atoms with Crippen molar-refractivity contribution in [1.29, 1.82) is 0 Å². The van der Waals surface area contributed by atoms with E-state index in [9.17, 15) is 14.0 Å². The highest BCUT2D eigenvalue weighted by atomic mass is 19.1. The molecule has 142 valence electrons. The molecule has 0 saturated carbocycles. The summed E-state index contributed by atoms with van der Waals surface area (Å²) < 4.78 is 13.9. The minimum Gasteiger partial charge on any atom is -0.366 e. The predicted molar refractivity (Wildman–Crippen MR) is 105 cm³/mol. The molecule has 0 radical (unpaired) electrons. The van der Waals surface area contributed by atoms with E-state index in [1.54, 1.807) is 23.1 Å². The number of fused-ring (bicyclic) bond motifs is 1. The zero-order valence-corrected chi connectivity index (χ0v) is 15.3. The van der Waals surface area contributed by atoms with Crippen LogP contribution in [0.5, 0.6) is 0 Å². The molecule has 4 rings (SSSR count). The number of hydrogen-bond donors (Lipinski definition) is 1. The zero-order chi connectivity index (χ0) is 19.7. The van der Waals surface area contributed by atoms with E-state index in [0.29, 0.717) is 37.2 Å². The Kier molecular flexibility index (Phi) is 4.77. The summed E-state index contributed by atoms with van der Waals surface area (Å²) in [6.07, 6.45) is 1.29. The molecule has 1 aromatic heterocycles. The smallest absolute Gasteiger partial charge is 0.256 e. The molecule has 0 bridgehead atoms. The first kappa shape index (κ1) is 18.1. The Labute approximate surface area is 162 Å². The van der Waals surface area contributed by atoms with Crippen molar-refractivity contribution in [2.75, 3.05) is 13.1 Å². The van der Waals surface area contributed by atoms with Gasteiger partial charge in [-0.2, -0.15) is 0 Å². The van der Waals surface area contributed by atoms with Crippen LogP contribution in [0.2, 0.25) is 0 Å². The van der Waals surface area contributed by atoms with Crippen molar-refractivity contribution in [3.05, 3.63) is 77.2 Å². The van der Waals surface area contributed by atoms with Crippen molar-refractivity contribution in [2.45, 2.75) is 18.8 Å². The Morgan fingerprint density at radius 2 is 1.68 bits per heavy atom. The van der Waals surface area contributed by atoms with Gasteiger partial charge in [-0.25, -0.2) is 4.39 Å². The van der Waals surface area contributed by atoms with Gasteiger partial charge in [0.2, 0.25) is 0 Å². The first-order valence-corrected chi connectivity index (χ1v) is 9.28. The number of halogens is 1. The highest BCUT2D eigenvalue weighted by molar-refractivity contribution is 5.98. The topological polar surface area (TPSA) is 76.3 Å². The van der Waals surface area contributed by atoms with Gasteiger partial charge in [0.1, 0.15) is 5.82 Å². The molecule has 2 N–H and O–H groups in total. The lowest BCUT2D eigenvalue weighted by Gasteiger charge is -2.32. The van der Waals surface area contributed by atoms with E-state index in [4.69, 9.17) is 10.7 Å². The number of likely N-dealkylation sites (tertiary alicyclic amines) is 1. The molecule has 5 nitrogen and oxygen atoms in total. The predicted octanol–water partition coefficient (Wildman–Crippen LogP) is 3.49. The number of benzene rings is 2. The number of piperidine rings is 1. The SMILES string of the molecule is NC(=O)c1cc2ccccc2nc1C1CCN(C(=O)c2ccccc2F)CC1. The molecule has 28 heavy (non-hydrogen) atoms. The lowest BCUT2D eigenvalue weighted by atomic mass is 9.89. The highest BCUT2D eigenvalue weighted by Crippen LogP contribution is 2.31. The van der Waals surface area contributed by atoms with Gasteiger partial charge in [0.25, 0.3) is 11.8 Å². The van der Waals surface area contributed by atoms with Crippen LogP contribution in [0.3, 0.4) is 0 Å². The lowest BCUT2D eigenvalue weighted by Crippen LogP contribution is -2.38. The van der Waals surface area contributed by atoms with Crippen LogP contribution in [-0.4, -0.2) is 34.8 Å². The van der Waals surface area contributed by atoms with Gasteiger partial charge in [-0.1, -0.05) is 30.3 Å². The molecular weight excluding hydrogens is 357 g/mol. The van der Waals surface area contributed by atoms with E-state index in [0.717, 1.165) is 10.9 Å². The maximum atomic E-state index is 13.9. The van der Waals surface area contributed by atoms with Crippen LogP contribution >= 0.6 is 0 Å². The minimum atomic E-state index is -0.512. The second kappa shape index (κ2) is 7.38. The van der Waals surface area contributed by atoms with Gasteiger partial charge in [0.15, 0.2) is 0 Å². The molecule has 0 spiro atoms. The number of rotatable bonds is 3. The lowest BCUT2D eigenvalue weighted by molar-refractivity contribution is 0.0706. The number of primary amides is 1. The van der Waals surface area contributed by atoms with Crippen LogP contribution < -0.4 is 5.73 Å². The van der Waals surface area contributed by atoms with Gasteiger partial charge in [0.05, 0.1) is 22.3 Å². The summed E-state index contributed by atoms with van der Waals surface area (Å²) in [5.74, 6) is -1.30. The summed E-state index contributed by atoms with van der Waals surface area (Å²) in [4.78, 5) is 30.9. The maximum Gasteiger partial charge on any atom is 0.256 e. The van der Waals surface area contributed by atoms with Crippen LogP contribution in [0.25, 0.3) is 10.9 Å². The fraction of sp³-hybridized carbons (Fsp3) is 0.227. The summed E-state index contributed by atoms with van der Waals surface area (Å²) in [5, 5.41) is 0.868. The van der Waals surface area contributed by atoms with Crippen molar-refractivity contribution >= 4 is 22.7 Å². The quantitative estimate of drug-likeness (QED) is 0.759. The number of nitrogens with two attached hydrogens (primary N) is 1. The molecule has 1 aliphatic rings. The van der Waals surface area contributed by atoms with E-state index in [2.05, 4.69) is 0 Å². The number of nitrogens with zero attached hydrogens (tertiary/aromatic N) is 2. The number of carbonyl (C=O) groups is 2. The molecule has 0 aliphatic carbocycles. The van der Waals surface area contributed by atoms with Crippen molar-refractivity contribution in [3.63, 3.8) is 0 Å². The van der Waals surface area contributed by atoms with Crippen LogP contribution in [-0.2, 0) is 0 Å². The second-order valence-electron chi connectivity index (χ2n) is 7.02. The van der Waals surface area contributed by atoms with Crippen LogP contribution in [0, 0.1) is 5.82 Å². The number of amides is 2. The molecule has 1 saturated heterocycles. The fourth-order valence-corrected chi connectivity index (χ4v) is 3.80. The average Bonchev–Trinajstić information content (AvgIpc) is 2.73. The molecule has 3 aromatic rings. The Balaban J connectivity index is 1.57. The normalized spacial score (nSPS) is 15.0. The summed E-state index contributed by atoms with van der Waals surface area (Å²) in [7, 11) is 0. The van der Waals surface area contributed by atoms with E-state index >= 15 is 0 Å². The second-order valence-corrected chi connectivity index (χ2v) is 7.02. The number of carbonyl (C=O) groups excluding carboxylic acids is 2. The Morgan fingerprint density at radius 1 is 1.00 bits per heavy atom. The van der Waals surface area contributed by atoms with Gasteiger partial charge in [-0.05, 0) is 37.1 Å². The average molecular weight is 377 g/mol. The summed E-state index contributed by atoms with van der Waals surface area (Å²) in [6, 6.07) is 15.4. The summed E-state index contributed by atoms with van der Waals surface area (Å²) in [6.45, 7) is 0.953. The van der Waals surface area contributed by atoms with Crippen molar-refractivity contribution < 1.29 is 14.0 Å². The highest BCUT2D eigenvalue weighted by Gasteiger charge is 2.29. The van der Waals surface area contributed by atoms with E-state index in [1.807, 2.05) is 24.3 Å². The third kappa shape index (κ3) is 3.33. The number of hydrogen-bond acceptors (Lipinski definition) is 3. The molecule has 1 aliphatic heterocycles. The third-order valence-electron chi connectivity index (χ3n) is 5.29. The first-order valence-electron chi connectivity index (χ1n) is 9.28. The Morgan fingerprint density at radius 3 is 2.39 bits per heavy atom. The number of para-hydroxylation sites is 1.